The van der Waals surface area contributed by atoms with Gasteiger partial charge in [0.05, 0.1) is 10.6 Å². The number of carbonyl (C=O) groups is 2. The molecule has 0 aromatic heterocycles. The Morgan fingerprint density at radius 2 is 2.00 bits per heavy atom. The standard InChI is InChI=1S/C10H5BrClNO2/c11-9-5(2-1-3-7(9)12)6-4-8(14)13-10(6)15/h1-4H,(H,13,14,15). The van der Waals surface area contributed by atoms with Gasteiger partial charge < -0.3 is 0 Å². The SMILES string of the molecule is O=C1C=C(c2cccc(Cl)c2Br)C(=O)N1. The van der Waals surface area contributed by atoms with Crippen molar-refractivity contribution in [1.29, 1.82) is 0 Å². The first-order chi connectivity index (χ1) is 7.09. The largest absolute Gasteiger partial charge is 0.289 e. The van der Waals surface area contributed by atoms with Crippen LogP contribution >= 0.6 is 27.5 Å². The molecule has 0 unspecified atom stereocenters. The van der Waals surface area contributed by atoms with Crippen molar-refractivity contribution in [2.45, 2.75) is 0 Å². The summed E-state index contributed by atoms with van der Waals surface area (Å²) in [4.78, 5) is 22.4. The van der Waals surface area contributed by atoms with E-state index in [1.165, 1.54) is 6.08 Å². The number of carbonyl (C=O) groups excluding carboxylic acids is 2. The summed E-state index contributed by atoms with van der Waals surface area (Å²) in [7, 11) is 0. The van der Waals surface area contributed by atoms with E-state index in [0.717, 1.165) is 0 Å². The zero-order chi connectivity index (χ0) is 11.0. The lowest BCUT2D eigenvalue weighted by Gasteiger charge is -2.04. The van der Waals surface area contributed by atoms with Crippen molar-refractivity contribution in [3.8, 4) is 0 Å². The molecule has 15 heavy (non-hydrogen) atoms. The zero-order valence-electron chi connectivity index (χ0n) is 7.38. The third kappa shape index (κ3) is 1.82. The Labute approximate surface area is 99.2 Å². The van der Waals surface area contributed by atoms with Crippen LogP contribution in [-0.4, -0.2) is 11.8 Å². The number of benzene rings is 1. The minimum atomic E-state index is -0.401. The summed E-state index contributed by atoms with van der Waals surface area (Å²) in [5.74, 6) is -0.801. The lowest BCUT2D eigenvalue weighted by molar-refractivity contribution is -0.123. The Bertz CT molecular complexity index is 496. The Hall–Kier alpha value is -1.13. The molecule has 0 aliphatic carbocycles. The van der Waals surface area contributed by atoms with Crippen molar-refractivity contribution in [3.63, 3.8) is 0 Å². The lowest BCUT2D eigenvalue weighted by Crippen LogP contribution is -2.21. The number of imide groups is 1. The van der Waals surface area contributed by atoms with Gasteiger partial charge in [-0.05, 0) is 22.0 Å². The summed E-state index contributed by atoms with van der Waals surface area (Å²) in [5.41, 5.74) is 0.945. The van der Waals surface area contributed by atoms with Crippen LogP contribution in [0.25, 0.3) is 5.57 Å². The van der Waals surface area contributed by atoms with Crippen LogP contribution in [-0.2, 0) is 9.59 Å². The second kappa shape index (κ2) is 3.79. The lowest BCUT2D eigenvalue weighted by atomic mass is 10.1. The highest BCUT2D eigenvalue weighted by Gasteiger charge is 2.24. The molecule has 1 aliphatic heterocycles. The molecule has 0 fully saturated rings. The summed E-state index contributed by atoms with van der Waals surface area (Å²) in [6, 6.07) is 5.14. The Morgan fingerprint density at radius 3 is 2.60 bits per heavy atom. The summed E-state index contributed by atoms with van der Waals surface area (Å²) in [6.07, 6.45) is 1.26. The van der Waals surface area contributed by atoms with Crippen LogP contribution in [0, 0.1) is 0 Å². The van der Waals surface area contributed by atoms with Gasteiger partial charge in [0.2, 0.25) is 0 Å². The molecular weight excluding hydrogens is 281 g/mol. The second-order valence-corrected chi connectivity index (χ2v) is 4.18. The van der Waals surface area contributed by atoms with Gasteiger partial charge in [-0.1, -0.05) is 23.7 Å². The summed E-state index contributed by atoms with van der Waals surface area (Å²) >= 11 is 9.16. The molecule has 0 atom stereocenters. The number of hydrogen-bond acceptors (Lipinski definition) is 2. The van der Waals surface area contributed by atoms with Crippen molar-refractivity contribution >= 4 is 44.9 Å². The van der Waals surface area contributed by atoms with Crippen molar-refractivity contribution in [3.05, 3.63) is 39.3 Å². The van der Waals surface area contributed by atoms with E-state index in [1.54, 1.807) is 18.2 Å². The predicted octanol–water partition coefficient (Wildman–Crippen LogP) is 2.14. The first kappa shape index (κ1) is 10.4. The van der Waals surface area contributed by atoms with Crippen LogP contribution in [0.5, 0.6) is 0 Å². The number of halogens is 2. The van der Waals surface area contributed by atoms with E-state index >= 15 is 0 Å². The maximum atomic E-state index is 11.4. The number of amides is 2. The molecule has 1 aliphatic rings. The topological polar surface area (TPSA) is 46.2 Å². The van der Waals surface area contributed by atoms with Gasteiger partial charge in [0.1, 0.15) is 0 Å². The van der Waals surface area contributed by atoms with Gasteiger partial charge in [-0.25, -0.2) is 0 Å². The minimum absolute atomic E-state index is 0.328. The molecule has 76 valence electrons. The average Bonchev–Trinajstić information content (AvgIpc) is 2.50. The molecule has 3 nitrogen and oxygen atoms in total. The molecular formula is C10H5BrClNO2. The first-order valence-corrected chi connectivity index (χ1v) is 5.28. The molecule has 0 radical (unpaired) electrons. The van der Waals surface area contributed by atoms with Gasteiger partial charge >= 0.3 is 0 Å². The van der Waals surface area contributed by atoms with E-state index in [1.807, 2.05) is 0 Å². The highest BCUT2D eigenvalue weighted by Crippen LogP contribution is 2.31. The summed E-state index contributed by atoms with van der Waals surface area (Å²) in [6.45, 7) is 0. The normalized spacial score (nSPS) is 15.2. The fourth-order valence-electron chi connectivity index (χ4n) is 1.32. The van der Waals surface area contributed by atoms with E-state index in [9.17, 15) is 9.59 Å². The maximum absolute atomic E-state index is 11.4. The van der Waals surface area contributed by atoms with E-state index in [4.69, 9.17) is 11.6 Å². The van der Waals surface area contributed by atoms with Crippen LogP contribution in [0.2, 0.25) is 5.02 Å². The van der Waals surface area contributed by atoms with Crippen molar-refractivity contribution < 1.29 is 9.59 Å². The highest BCUT2D eigenvalue weighted by atomic mass is 79.9. The van der Waals surface area contributed by atoms with Gasteiger partial charge in [0.15, 0.2) is 0 Å². The van der Waals surface area contributed by atoms with E-state index < -0.39 is 11.8 Å². The van der Waals surface area contributed by atoms with Gasteiger partial charge in [-0.2, -0.15) is 0 Å². The maximum Gasteiger partial charge on any atom is 0.258 e. The fourth-order valence-corrected chi connectivity index (χ4v) is 1.98. The fraction of sp³-hybridized carbons (Fsp3) is 0. The third-order valence-electron chi connectivity index (χ3n) is 2.00. The molecule has 0 spiro atoms. The predicted molar refractivity (Wildman–Crippen MR) is 60.3 cm³/mol. The van der Waals surface area contributed by atoms with Gasteiger partial charge in [0, 0.05) is 16.1 Å². The molecule has 0 saturated heterocycles. The summed E-state index contributed by atoms with van der Waals surface area (Å²) in [5, 5.41) is 2.68. The molecule has 2 amide bonds. The molecule has 1 aromatic carbocycles. The molecule has 1 heterocycles. The van der Waals surface area contributed by atoms with Gasteiger partial charge in [-0.3, -0.25) is 14.9 Å². The average molecular weight is 287 g/mol. The summed E-state index contributed by atoms with van der Waals surface area (Å²) < 4.78 is 0.614. The van der Waals surface area contributed by atoms with E-state index in [2.05, 4.69) is 21.2 Å². The smallest absolute Gasteiger partial charge is 0.258 e. The van der Waals surface area contributed by atoms with E-state index in [-0.39, 0.29) is 0 Å². The second-order valence-electron chi connectivity index (χ2n) is 2.98. The molecule has 0 bridgehead atoms. The van der Waals surface area contributed by atoms with Crippen LogP contribution in [0.15, 0.2) is 28.7 Å². The molecule has 2 rings (SSSR count). The minimum Gasteiger partial charge on any atom is -0.289 e. The molecule has 0 saturated carbocycles. The first-order valence-electron chi connectivity index (χ1n) is 4.11. The quantitative estimate of drug-likeness (QED) is 0.804. The number of hydrogen-bond donors (Lipinski definition) is 1. The van der Waals surface area contributed by atoms with Crippen molar-refractivity contribution in [2.75, 3.05) is 0 Å². The highest BCUT2D eigenvalue weighted by molar-refractivity contribution is 9.10. The monoisotopic (exact) mass is 285 g/mol. The Balaban J connectivity index is 2.56. The van der Waals surface area contributed by atoms with Crippen LogP contribution < -0.4 is 5.32 Å². The van der Waals surface area contributed by atoms with E-state index in [0.29, 0.717) is 20.6 Å². The van der Waals surface area contributed by atoms with Crippen LogP contribution in [0.3, 0.4) is 0 Å². The third-order valence-corrected chi connectivity index (χ3v) is 3.40. The molecule has 1 aromatic rings. The number of nitrogens with one attached hydrogen (secondary N) is 1. The Morgan fingerprint density at radius 1 is 1.27 bits per heavy atom. The van der Waals surface area contributed by atoms with Crippen LogP contribution in [0.1, 0.15) is 5.56 Å². The zero-order valence-corrected chi connectivity index (χ0v) is 9.72. The van der Waals surface area contributed by atoms with Crippen molar-refractivity contribution in [2.24, 2.45) is 0 Å². The van der Waals surface area contributed by atoms with Crippen molar-refractivity contribution in [1.82, 2.24) is 5.32 Å². The van der Waals surface area contributed by atoms with Gasteiger partial charge in [-0.15, -0.1) is 0 Å². The molecule has 1 N–H and O–H groups in total. The number of rotatable bonds is 1. The molecule has 5 heteroatoms. The Kier molecular flexibility index (Phi) is 2.63. The van der Waals surface area contributed by atoms with Gasteiger partial charge in [0.25, 0.3) is 11.8 Å². The van der Waals surface area contributed by atoms with Crippen LogP contribution in [0.4, 0.5) is 0 Å².